The van der Waals surface area contributed by atoms with Crippen LogP contribution in [0.2, 0.25) is 0 Å². The molecule has 0 atom stereocenters. The third-order valence-corrected chi connectivity index (χ3v) is 5.72. The molecule has 0 aliphatic rings. The third kappa shape index (κ3) is 3.68. The zero-order valence-electron chi connectivity index (χ0n) is 15.8. The summed E-state index contributed by atoms with van der Waals surface area (Å²) in [5, 5.41) is 9.71. The predicted octanol–water partition coefficient (Wildman–Crippen LogP) is 3.39. The molecule has 146 valence electrons. The van der Waals surface area contributed by atoms with E-state index in [2.05, 4.69) is 9.72 Å². The van der Waals surface area contributed by atoms with Gasteiger partial charge in [0.15, 0.2) is 0 Å². The number of carbonyl (C=O) groups is 2. The fraction of sp³-hybridized carbons (Fsp3) is 0.300. The molecule has 3 aromatic rings. The molecule has 28 heavy (non-hydrogen) atoms. The lowest BCUT2D eigenvalue weighted by atomic mass is 10.1. The molecule has 0 saturated carbocycles. The van der Waals surface area contributed by atoms with Gasteiger partial charge in [-0.1, -0.05) is 29.8 Å². The van der Waals surface area contributed by atoms with Crippen LogP contribution in [0, 0.1) is 13.8 Å². The average Bonchev–Trinajstić information content (AvgIpc) is 3.00. The molecule has 0 unspecified atom stereocenters. The van der Waals surface area contributed by atoms with Gasteiger partial charge in [0.25, 0.3) is 5.56 Å². The zero-order valence-corrected chi connectivity index (χ0v) is 16.6. The van der Waals surface area contributed by atoms with Crippen LogP contribution < -0.4 is 5.56 Å². The number of carboxylic acids is 1. The lowest BCUT2D eigenvalue weighted by molar-refractivity contribution is -0.140. The van der Waals surface area contributed by atoms with Gasteiger partial charge in [0.05, 0.1) is 12.5 Å². The molecule has 0 radical (unpaired) electrons. The number of benzene rings is 1. The zero-order chi connectivity index (χ0) is 20.4. The van der Waals surface area contributed by atoms with E-state index in [1.165, 1.54) is 11.7 Å². The van der Waals surface area contributed by atoms with Crippen molar-refractivity contribution in [3.8, 4) is 11.4 Å². The van der Waals surface area contributed by atoms with Crippen LogP contribution in [0.1, 0.15) is 33.6 Å². The molecule has 8 heteroatoms. The minimum Gasteiger partial charge on any atom is -0.477 e. The summed E-state index contributed by atoms with van der Waals surface area (Å²) in [6, 6.07) is 7.59. The van der Waals surface area contributed by atoms with Gasteiger partial charge in [-0.25, -0.2) is 9.78 Å². The minimum absolute atomic E-state index is 0.113. The molecule has 0 fully saturated rings. The molecular formula is C20H20N2O5S. The highest BCUT2D eigenvalue weighted by molar-refractivity contribution is 7.20. The molecule has 1 aromatic carbocycles. The SMILES string of the molecule is COC(=O)CCCn1c(-c2ccc(C)cc2)nc2sc(C(=O)O)c(C)c2c1=O. The highest BCUT2D eigenvalue weighted by Gasteiger charge is 2.21. The van der Waals surface area contributed by atoms with Crippen molar-refractivity contribution in [3.05, 3.63) is 50.6 Å². The van der Waals surface area contributed by atoms with Crippen LogP contribution in [0.15, 0.2) is 29.1 Å². The molecule has 0 spiro atoms. The molecule has 2 aromatic heterocycles. The number of aromatic nitrogens is 2. The van der Waals surface area contributed by atoms with E-state index in [-0.39, 0.29) is 29.4 Å². The van der Waals surface area contributed by atoms with Gasteiger partial charge in [0.2, 0.25) is 0 Å². The van der Waals surface area contributed by atoms with Gasteiger partial charge in [0.1, 0.15) is 15.5 Å². The first kappa shape index (κ1) is 19.8. The smallest absolute Gasteiger partial charge is 0.346 e. The summed E-state index contributed by atoms with van der Waals surface area (Å²) in [5.74, 6) is -0.964. The Morgan fingerprint density at radius 1 is 1.21 bits per heavy atom. The summed E-state index contributed by atoms with van der Waals surface area (Å²) >= 11 is 1.00. The van der Waals surface area contributed by atoms with Gasteiger partial charge < -0.3 is 9.84 Å². The molecule has 0 aliphatic heterocycles. The highest BCUT2D eigenvalue weighted by Crippen LogP contribution is 2.29. The lowest BCUT2D eigenvalue weighted by Crippen LogP contribution is -2.24. The summed E-state index contributed by atoms with van der Waals surface area (Å²) in [6.45, 7) is 3.86. The van der Waals surface area contributed by atoms with Crippen LogP contribution in [0.25, 0.3) is 21.6 Å². The van der Waals surface area contributed by atoms with Gasteiger partial charge in [0, 0.05) is 18.5 Å². The van der Waals surface area contributed by atoms with Gasteiger partial charge in [-0.3, -0.25) is 14.2 Å². The second-order valence-electron chi connectivity index (χ2n) is 6.48. The molecule has 3 rings (SSSR count). The van der Waals surface area contributed by atoms with Crippen molar-refractivity contribution in [2.75, 3.05) is 7.11 Å². The molecule has 0 aliphatic carbocycles. The number of aryl methyl sites for hydroxylation is 2. The van der Waals surface area contributed by atoms with Crippen molar-refractivity contribution >= 4 is 33.5 Å². The molecule has 0 amide bonds. The van der Waals surface area contributed by atoms with Crippen LogP contribution in [0.3, 0.4) is 0 Å². The summed E-state index contributed by atoms with van der Waals surface area (Å²) in [6.07, 6.45) is 0.588. The number of aromatic carboxylic acids is 1. The number of methoxy groups -OCH3 is 1. The molecule has 2 heterocycles. The predicted molar refractivity (Wildman–Crippen MR) is 107 cm³/mol. The Morgan fingerprint density at radius 2 is 1.89 bits per heavy atom. The average molecular weight is 400 g/mol. The number of rotatable bonds is 6. The third-order valence-electron chi connectivity index (χ3n) is 4.54. The fourth-order valence-electron chi connectivity index (χ4n) is 3.03. The number of carbonyl (C=O) groups excluding carboxylic acids is 1. The number of thiophene rings is 1. The van der Waals surface area contributed by atoms with E-state index < -0.39 is 5.97 Å². The Labute approximate surface area is 165 Å². The maximum Gasteiger partial charge on any atom is 0.346 e. The van der Waals surface area contributed by atoms with E-state index in [4.69, 9.17) is 0 Å². The van der Waals surface area contributed by atoms with E-state index in [1.54, 1.807) is 6.92 Å². The van der Waals surface area contributed by atoms with Crippen LogP contribution in [-0.2, 0) is 16.1 Å². The molecule has 1 N–H and O–H groups in total. The number of carboxylic acid groups (broad SMARTS) is 1. The number of esters is 1. The topological polar surface area (TPSA) is 98.5 Å². The largest absolute Gasteiger partial charge is 0.477 e. The van der Waals surface area contributed by atoms with E-state index >= 15 is 0 Å². The number of nitrogens with zero attached hydrogens (tertiary/aromatic N) is 2. The van der Waals surface area contributed by atoms with Crippen molar-refractivity contribution < 1.29 is 19.4 Å². The summed E-state index contributed by atoms with van der Waals surface area (Å²) < 4.78 is 6.18. The van der Waals surface area contributed by atoms with Crippen molar-refractivity contribution in [1.29, 1.82) is 0 Å². The van der Waals surface area contributed by atoms with Crippen molar-refractivity contribution in [1.82, 2.24) is 9.55 Å². The number of hydrogen-bond acceptors (Lipinski definition) is 6. The van der Waals surface area contributed by atoms with Crippen LogP contribution in [0.4, 0.5) is 0 Å². The first-order valence-electron chi connectivity index (χ1n) is 8.74. The number of hydrogen-bond donors (Lipinski definition) is 1. The Balaban J connectivity index is 2.18. The van der Waals surface area contributed by atoms with Gasteiger partial charge in [-0.2, -0.15) is 0 Å². The Kier molecular flexibility index (Phi) is 5.60. The van der Waals surface area contributed by atoms with Crippen molar-refractivity contribution in [2.24, 2.45) is 0 Å². The van der Waals surface area contributed by atoms with E-state index in [0.717, 1.165) is 22.5 Å². The lowest BCUT2D eigenvalue weighted by Gasteiger charge is -2.13. The quantitative estimate of drug-likeness (QED) is 0.637. The first-order chi connectivity index (χ1) is 13.3. The number of fused-ring (bicyclic) bond motifs is 1. The molecular weight excluding hydrogens is 380 g/mol. The van der Waals surface area contributed by atoms with Gasteiger partial charge >= 0.3 is 11.9 Å². The monoisotopic (exact) mass is 400 g/mol. The van der Waals surface area contributed by atoms with Crippen LogP contribution >= 0.6 is 11.3 Å². The maximum atomic E-state index is 13.2. The maximum absolute atomic E-state index is 13.2. The molecule has 0 saturated heterocycles. The van der Waals surface area contributed by atoms with Crippen molar-refractivity contribution in [3.63, 3.8) is 0 Å². The summed E-state index contributed by atoms with van der Waals surface area (Å²) in [7, 11) is 1.32. The standard InChI is InChI=1S/C20H20N2O5S/c1-11-6-8-13(9-7-11)17-21-18-15(12(2)16(28-18)20(25)26)19(24)22(17)10-4-5-14(23)27-3/h6-9H,4-5,10H2,1-3H3,(H,25,26). The van der Waals surface area contributed by atoms with Crippen molar-refractivity contribution in [2.45, 2.75) is 33.2 Å². The normalized spacial score (nSPS) is 11.0. The van der Waals surface area contributed by atoms with Crippen LogP contribution in [-0.4, -0.2) is 33.7 Å². The van der Waals surface area contributed by atoms with Gasteiger partial charge in [-0.15, -0.1) is 11.3 Å². The fourth-order valence-corrected chi connectivity index (χ4v) is 4.04. The Bertz CT molecular complexity index is 1110. The Morgan fingerprint density at radius 3 is 2.50 bits per heavy atom. The molecule has 0 bridgehead atoms. The molecule has 7 nitrogen and oxygen atoms in total. The van der Waals surface area contributed by atoms with E-state index in [1.807, 2.05) is 31.2 Å². The Hall–Kier alpha value is -3.00. The first-order valence-corrected chi connectivity index (χ1v) is 9.56. The summed E-state index contributed by atoms with van der Waals surface area (Å²) in [5.41, 5.74) is 1.95. The second kappa shape index (κ2) is 7.93. The highest BCUT2D eigenvalue weighted by atomic mass is 32.1. The van der Waals surface area contributed by atoms with Gasteiger partial charge in [-0.05, 0) is 25.8 Å². The van der Waals surface area contributed by atoms with E-state index in [9.17, 15) is 19.5 Å². The summed E-state index contributed by atoms with van der Waals surface area (Å²) in [4.78, 5) is 41.3. The van der Waals surface area contributed by atoms with E-state index in [0.29, 0.717) is 28.0 Å². The second-order valence-corrected chi connectivity index (χ2v) is 7.48. The number of ether oxygens (including phenoxy) is 1. The minimum atomic E-state index is -1.07. The van der Waals surface area contributed by atoms with Crippen LogP contribution in [0.5, 0.6) is 0 Å².